The van der Waals surface area contributed by atoms with Crippen molar-refractivity contribution in [3.8, 4) is 0 Å². The largest absolute Gasteiger partial charge is 0.379 e. The number of rotatable bonds is 11. The molecule has 0 heterocycles. The molecule has 1 atom stereocenters. The molecular formula is C18H31NO. The van der Waals surface area contributed by atoms with Crippen molar-refractivity contribution in [3.63, 3.8) is 0 Å². The third kappa shape index (κ3) is 6.53. The summed E-state index contributed by atoms with van der Waals surface area (Å²) in [6, 6.07) is 8.83. The summed E-state index contributed by atoms with van der Waals surface area (Å²) < 4.78 is 5.84. The van der Waals surface area contributed by atoms with Gasteiger partial charge in [0.05, 0.1) is 12.6 Å². The van der Waals surface area contributed by atoms with Crippen LogP contribution in [0, 0.1) is 6.92 Å². The van der Waals surface area contributed by atoms with E-state index in [2.05, 4.69) is 43.4 Å². The zero-order valence-electron chi connectivity index (χ0n) is 13.5. The van der Waals surface area contributed by atoms with E-state index in [4.69, 9.17) is 4.74 Å². The van der Waals surface area contributed by atoms with E-state index in [0.29, 0.717) is 6.04 Å². The lowest BCUT2D eigenvalue weighted by Crippen LogP contribution is -2.22. The predicted molar refractivity (Wildman–Crippen MR) is 87.2 cm³/mol. The number of ether oxygens (including phenoxy) is 1. The van der Waals surface area contributed by atoms with Gasteiger partial charge in [0, 0.05) is 6.61 Å². The van der Waals surface area contributed by atoms with E-state index in [1.54, 1.807) is 0 Å². The SMILES string of the molecule is CCCCCCCCOCC(NC)c1ccccc1C. The molecule has 0 aromatic heterocycles. The van der Waals surface area contributed by atoms with E-state index >= 15 is 0 Å². The molecule has 0 aliphatic carbocycles. The Balaban J connectivity index is 2.18. The molecular weight excluding hydrogens is 246 g/mol. The van der Waals surface area contributed by atoms with Crippen LogP contribution in [0.15, 0.2) is 24.3 Å². The Morgan fingerprint density at radius 2 is 1.75 bits per heavy atom. The molecule has 0 fully saturated rings. The van der Waals surface area contributed by atoms with Gasteiger partial charge < -0.3 is 10.1 Å². The van der Waals surface area contributed by atoms with Crippen LogP contribution in [-0.4, -0.2) is 20.3 Å². The van der Waals surface area contributed by atoms with Crippen molar-refractivity contribution < 1.29 is 4.74 Å². The molecule has 1 aromatic rings. The van der Waals surface area contributed by atoms with E-state index in [-0.39, 0.29) is 0 Å². The molecule has 114 valence electrons. The average molecular weight is 277 g/mol. The van der Waals surface area contributed by atoms with Crippen LogP contribution in [0.25, 0.3) is 0 Å². The number of likely N-dealkylation sites (N-methyl/N-ethyl adjacent to an activating group) is 1. The minimum atomic E-state index is 0.302. The Kier molecular flexibility index (Phi) is 9.35. The fourth-order valence-electron chi connectivity index (χ4n) is 2.49. The minimum absolute atomic E-state index is 0.302. The van der Waals surface area contributed by atoms with Gasteiger partial charge in [-0.15, -0.1) is 0 Å². The third-order valence-electron chi connectivity index (χ3n) is 3.84. The lowest BCUT2D eigenvalue weighted by atomic mass is 10.0. The molecule has 2 heteroatoms. The number of aryl methyl sites for hydroxylation is 1. The summed E-state index contributed by atoms with van der Waals surface area (Å²) in [4.78, 5) is 0. The van der Waals surface area contributed by atoms with Crippen molar-refractivity contribution in [3.05, 3.63) is 35.4 Å². The van der Waals surface area contributed by atoms with Crippen LogP contribution in [0.1, 0.15) is 62.6 Å². The van der Waals surface area contributed by atoms with Gasteiger partial charge >= 0.3 is 0 Å². The highest BCUT2D eigenvalue weighted by atomic mass is 16.5. The van der Waals surface area contributed by atoms with Gasteiger partial charge in [0.2, 0.25) is 0 Å². The van der Waals surface area contributed by atoms with Crippen molar-refractivity contribution in [2.45, 2.75) is 58.4 Å². The van der Waals surface area contributed by atoms with E-state index in [1.165, 1.54) is 49.7 Å². The van der Waals surface area contributed by atoms with Gasteiger partial charge in [-0.1, -0.05) is 63.3 Å². The van der Waals surface area contributed by atoms with Crippen LogP contribution in [0.5, 0.6) is 0 Å². The summed E-state index contributed by atoms with van der Waals surface area (Å²) in [7, 11) is 2.01. The van der Waals surface area contributed by atoms with Gasteiger partial charge in [-0.2, -0.15) is 0 Å². The van der Waals surface area contributed by atoms with Crippen LogP contribution in [0.2, 0.25) is 0 Å². The van der Waals surface area contributed by atoms with Crippen LogP contribution in [0.4, 0.5) is 0 Å². The first-order valence-corrected chi connectivity index (χ1v) is 8.10. The highest BCUT2D eigenvalue weighted by Crippen LogP contribution is 2.17. The summed E-state index contributed by atoms with van der Waals surface area (Å²) in [5.41, 5.74) is 2.67. The van der Waals surface area contributed by atoms with Gasteiger partial charge in [0.1, 0.15) is 0 Å². The maximum atomic E-state index is 5.84. The Hall–Kier alpha value is -0.860. The molecule has 0 bridgehead atoms. The standard InChI is InChI=1S/C18H31NO/c1-4-5-6-7-8-11-14-20-15-18(19-3)17-13-10-9-12-16(17)2/h9-10,12-13,18-19H,4-8,11,14-15H2,1-3H3. The fourth-order valence-corrected chi connectivity index (χ4v) is 2.49. The molecule has 1 aromatic carbocycles. The third-order valence-corrected chi connectivity index (χ3v) is 3.84. The van der Waals surface area contributed by atoms with E-state index in [1.807, 2.05) is 7.05 Å². The second-order valence-corrected chi connectivity index (χ2v) is 5.54. The molecule has 2 nitrogen and oxygen atoms in total. The van der Waals surface area contributed by atoms with Crippen LogP contribution >= 0.6 is 0 Å². The van der Waals surface area contributed by atoms with Crippen LogP contribution in [-0.2, 0) is 4.74 Å². The number of unbranched alkanes of at least 4 members (excludes halogenated alkanes) is 5. The van der Waals surface area contributed by atoms with Gasteiger partial charge in [-0.3, -0.25) is 0 Å². The second kappa shape index (κ2) is 10.9. The number of nitrogens with one attached hydrogen (secondary N) is 1. The second-order valence-electron chi connectivity index (χ2n) is 5.54. The summed E-state index contributed by atoms with van der Waals surface area (Å²) >= 11 is 0. The first kappa shape index (κ1) is 17.2. The van der Waals surface area contributed by atoms with Crippen LogP contribution < -0.4 is 5.32 Å². The lowest BCUT2D eigenvalue weighted by molar-refractivity contribution is 0.109. The first-order valence-electron chi connectivity index (χ1n) is 8.10. The number of benzene rings is 1. The maximum Gasteiger partial charge on any atom is 0.0661 e. The minimum Gasteiger partial charge on any atom is -0.379 e. The van der Waals surface area contributed by atoms with Gasteiger partial charge in [0.15, 0.2) is 0 Å². The van der Waals surface area contributed by atoms with Crippen LogP contribution in [0.3, 0.4) is 0 Å². The quantitative estimate of drug-likeness (QED) is 0.595. The summed E-state index contributed by atoms with van der Waals surface area (Å²) in [5, 5.41) is 3.35. The molecule has 1 N–H and O–H groups in total. The Morgan fingerprint density at radius 1 is 1.05 bits per heavy atom. The molecule has 0 aliphatic rings. The van der Waals surface area contributed by atoms with Gasteiger partial charge in [0.25, 0.3) is 0 Å². The molecule has 0 saturated carbocycles. The summed E-state index contributed by atoms with van der Waals surface area (Å²) in [5.74, 6) is 0. The predicted octanol–water partition coefficient (Wildman–Crippen LogP) is 4.63. The average Bonchev–Trinajstić information content (AvgIpc) is 2.47. The van der Waals surface area contributed by atoms with Crippen molar-refractivity contribution in [1.82, 2.24) is 5.32 Å². The molecule has 0 saturated heterocycles. The molecule has 1 rings (SSSR count). The molecule has 0 amide bonds. The topological polar surface area (TPSA) is 21.3 Å². The first-order chi connectivity index (χ1) is 9.79. The number of hydrogen-bond acceptors (Lipinski definition) is 2. The lowest BCUT2D eigenvalue weighted by Gasteiger charge is -2.19. The van der Waals surface area contributed by atoms with E-state index < -0.39 is 0 Å². The van der Waals surface area contributed by atoms with Crippen molar-refractivity contribution >= 4 is 0 Å². The zero-order chi connectivity index (χ0) is 14.6. The summed E-state index contributed by atoms with van der Waals surface area (Å²) in [6.07, 6.45) is 7.90. The van der Waals surface area contributed by atoms with E-state index in [0.717, 1.165) is 13.2 Å². The fraction of sp³-hybridized carbons (Fsp3) is 0.667. The molecule has 0 radical (unpaired) electrons. The monoisotopic (exact) mass is 277 g/mol. The van der Waals surface area contributed by atoms with Crippen molar-refractivity contribution in [2.24, 2.45) is 0 Å². The van der Waals surface area contributed by atoms with Crippen molar-refractivity contribution in [2.75, 3.05) is 20.3 Å². The van der Waals surface area contributed by atoms with E-state index in [9.17, 15) is 0 Å². The normalized spacial score (nSPS) is 12.6. The highest BCUT2D eigenvalue weighted by Gasteiger charge is 2.10. The molecule has 0 spiro atoms. The maximum absolute atomic E-state index is 5.84. The highest BCUT2D eigenvalue weighted by molar-refractivity contribution is 5.28. The molecule has 20 heavy (non-hydrogen) atoms. The van der Waals surface area contributed by atoms with Gasteiger partial charge in [-0.05, 0) is 31.5 Å². The molecule has 0 aliphatic heterocycles. The Morgan fingerprint density at radius 3 is 2.45 bits per heavy atom. The van der Waals surface area contributed by atoms with Gasteiger partial charge in [-0.25, -0.2) is 0 Å². The Bertz CT molecular complexity index is 351. The van der Waals surface area contributed by atoms with Crippen molar-refractivity contribution in [1.29, 1.82) is 0 Å². The Labute approximate surface area is 124 Å². The molecule has 1 unspecified atom stereocenters. The smallest absolute Gasteiger partial charge is 0.0661 e. The zero-order valence-corrected chi connectivity index (χ0v) is 13.5. The summed E-state index contributed by atoms with van der Waals surface area (Å²) in [6.45, 7) is 6.06. The number of hydrogen-bond donors (Lipinski definition) is 1.